The number of nitrogens with zero attached hydrogens (tertiary/aromatic N) is 2. The number of nitrogens with one attached hydrogen (secondary N) is 1. The molecule has 0 saturated carbocycles. The van der Waals surface area contributed by atoms with Crippen LogP contribution >= 0.6 is 0 Å². The molecule has 1 saturated heterocycles. The van der Waals surface area contributed by atoms with Crippen molar-refractivity contribution in [3.8, 4) is 0 Å². The fourth-order valence-corrected chi connectivity index (χ4v) is 2.09. The summed E-state index contributed by atoms with van der Waals surface area (Å²) in [7, 11) is 0. The Labute approximate surface area is 93.6 Å². The summed E-state index contributed by atoms with van der Waals surface area (Å²) in [5.74, 6) is -0.278. The van der Waals surface area contributed by atoms with Crippen LogP contribution in [0.2, 0.25) is 0 Å². The van der Waals surface area contributed by atoms with Crippen LogP contribution in [0.3, 0.4) is 0 Å². The molecule has 1 amide bonds. The van der Waals surface area contributed by atoms with E-state index in [1.807, 2.05) is 0 Å². The summed E-state index contributed by atoms with van der Waals surface area (Å²) in [6.07, 6.45) is 2.21. The summed E-state index contributed by atoms with van der Waals surface area (Å²) < 4.78 is 5.08. The average Bonchev–Trinajstić information content (AvgIpc) is 2.65. The molecule has 0 spiro atoms. The zero-order chi connectivity index (χ0) is 11.8. The van der Waals surface area contributed by atoms with Crippen molar-refractivity contribution in [2.75, 3.05) is 6.54 Å². The highest BCUT2D eigenvalue weighted by Crippen LogP contribution is 2.39. The molecule has 1 unspecified atom stereocenters. The second kappa shape index (κ2) is 3.86. The Kier molecular flexibility index (Phi) is 2.67. The quantitative estimate of drug-likeness (QED) is 0.768. The van der Waals surface area contributed by atoms with Gasteiger partial charge in [-0.25, -0.2) is 0 Å². The smallest absolute Gasteiger partial charge is 0.290 e. The van der Waals surface area contributed by atoms with E-state index in [0.717, 1.165) is 19.4 Å². The third-order valence-electron chi connectivity index (χ3n) is 3.04. The van der Waals surface area contributed by atoms with Crippen LogP contribution in [0.15, 0.2) is 4.52 Å². The Morgan fingerprint density at radius 2 is 2.38 bits per heavy atom. The highest BCUT2D eigenvalue weighted by atomic mass is 16.5. The molecule has 1 aromatic heterocycles. The summed E-state index contributed by atoms with van der Waals surface area (Å²) in [5.41, 5.74) is 5.12. The van der Waals surface area contributed by atoms with Gasteiger partial charge in [0.05, 0.1) is 6.04 Å². The Bertz CT molecular complexity index is 399. The maximum Gasteiger partial charge on any atom is 0.290 e. The monoisotopic (exact) mass is 224 g/mol. The molecule has 0 bridgehead atoms. The molecule has 1 aliphatic rings. The number of carbonyl (C=O) groups excluding carboxylic acids is 1. The summed E-state index contributed by atoms with van der Waals surface area (Å²) >= 11 is 0. The van der Waals surface area contributed by atoms with Gasteiger partial charge in [0.1, 0.15) is 0 Å². The van der Waals surface area contributed by atoms with Crippen LogP contribution < -0.4 is 11.1 Å². The molecule has 88 valence electrons. The highest BCUT2D eigenvalue weighted by Gasteiger charge is 2.37. The standard InChI is InChI=1S/C10H16N4O2/c1-10(2)4-3-5-12-6(10)9-13-8(7(11)15)14-16-9/h6,12H,3-5H2,1-2H3,(H2,11,15). The number of nitrogens with two attached hydrogens (primary N) is 1. The van der Waals surface area contributed by atoms with Crippen molar-refractivity contribution < 1.29 is 9.32 Å². The third kappa shape index (κ3) is 1.92. The predicted octanol–water partition coefficient (Wildman–Crippen LogP) is 0.619. The van der Waals surface area contributed by atoms with E-state index in [1.54, 1.807) is 0 Å². The summed E-state index contributed by atoms with van der Waals surface area (Å²) in [4.78, 5) is 14.9. The van der Waals surface area contributed by atoms with Crippen LogP contribution in [-0.4, -0.2) is 22.6 Å². The van der Waals surface area contributed by atoms with Crippen LogP contribution in [0.4, 0.5) is 0 Å². The highest BCUT2D eigenvalue weighted by molar-refractivity contribution is 5.88. The van der Waals surface area contributed by atoms with E-state index in [1.165, 1.54) is 0 Å². The number of hydrogen-bond donors (Lipinski definition) is 2. The molecule has 1 aliphatic heterocycles. The number of carbonyl (C=O) groups is 1. The zero-order valence-electron chi connectivity index (χ0n) is 9.49. The molecule has 1 fully saturated rings. The van der Waals surface area contributed by atoms with Gasteiger partial charge in [-0.15, -0.1) is 0 Å². The van der Waals surface area contributed by atoms with Crippen LogP contribution in [0, 0.1) is 5.41 Å². The Morgan fingerprint density at radius 1 is 1.62 bits per heavy atom. The molecule has 6 heteroatoms. The molecule has 2 heterocycles. The molecule has 2 rings (SSSR count). The predicted molar refractivity (Wildman–Crippen MR) is 56.6 cm³/mol. The third-order valence-corrected chi connectivity index (χ3v) is 3.04. The van der Waals surface area contributed by atoms with E-state index in [2.05, 4.69) is 29.3 Å². The summed E-state index contributed by atoms with van der Waals surface area (Å²) in [6, 6.07) is -0.0122. The van der Waals surface area contributed by atoms with Crippen molar-refractivity contribution in [3.63, 3.8) is 0 Å². The molecule has 6 nitrogen and oxygen atoms in total. The number of piperidine rings is 1. The van der Waals surface area contributed by atoms with E-state index in [-0.39, 0.29) is 17.3 Å². The van der Waals surface area contributed by atoms with E-state index in [9.17, 15) is 4.79 Å². The topological polar surface area (TPSA) is 94.0 Å². The summed E-state index contributed by atoms with van der Waals surface area (Å²) in [5, 5.41) is 6.89. The van der Waals surface area contributed by atoms with Crippen molar-refractivity contribution in [1.82, 2.24) is 15.5 Å². The Balaban J connectivity index is 2.25. The van der Waals surface area contributed by atoms with E-state index in [4.69, 9.17) is 10.3 Å². The van der Waals surface area contributed by atoms with Gasteiger partial charge in [-0.3, -0.25) is 4.79 Å². The molecular formula is C10H16N4O2. The molecule has 16 heavy (non-hydrogen) atoms. The number of aromatic nitrogens is 2. The van der Waals surface area contributed by atoms with E-state index in [0.29, 0.717) is 5.89 Å². The lowest BCUT2D eigenvalue weighted by Gasteiger charge is -2.36. The van der Waals surface area contributed by atoms with Crippen molar-refractivity contribution in [2.45, 2.75) is 32.7 Å². The first-order valence-corrected chi connectivity index (χ1v) is 5.37. The van der Waals surface area contributed by atoms with Crippen LogP contribution in [0.5, 0.6) is 0 Å². The van der Waals surface area contributed by atoms with Gasteiger partial charge in [0, 0.05) is 0 Å². The maximum atomic E-state index is 10.9. The SMILES string of the molecule is CC1(C)CCCNC1c1nc(C(N)=O)no1. The minimum absolute atomic E-state index is 0.0122. The molecule has 0 aliphatic carbocycles. The molecule has 0 aromatic carbocycles. The summed E-state index contributed by atoms with van der Waals surface area (Å²) in [6.45, 7) is 5.19. The first kappa shape index (κ1) is 11.1. The maximum absolute atomic E-state index is 10.9. The molecule has 1 aromatic rings. The van der Waals surface area contributed by atoms with Crippen molar-refractivity contribution in [3.05, 3.63) is 11.7 Å². The van der Waals surface area contributed by atoms with Gasteiger partial charge in [0.25, 0.3) is 11.7 Å². The van der Waals surface area contributed by atoms with Gasteiger partial charge in [0.2, 0.25) is 5.89 Å². The zero-order valence-corrected chi connectivity index (χ0v) is 9.49. The molecule has 0 radical (unpaired) electrons. The lowest BCUT2D eigenvalue weighted by atomic mass is 9.77. The second-order valence-electron chi connectivity index (χ2n) is 4.80. The lowest BCUT2D eigenvalue weighted by molar-refractivity contribution is 0.0987. The largest absolute Gasteiger partial charge is 0.363 e. The van der Waals surface area contributed by atoms with Crippen LogP contribution in [-0.2, 0) is 0 Å². The van der Waals surface area contributed by atoms with E-state index >= 15 is 0 Å². The molecule has 3 N–H and O–H groups in total. The number of hydrogen-bond acceptors (Lipinski definition) is 5. The van der Waals surface area contributed by atoms with Crippen molar-refractivity contribution >= 4 is 5.91 Å². The second-order valence-corrected chi connectivity index (χ2v) is 4.80. The van der Waals surface area contributed by atoms with Gasteiger partial charge in [-0.2, -0.15) is 4.98 Å². The minimum Gasteiger partial charge on any atom is -0.363 e. The number of primary amides is 1. The van der Waals surface area contributed by atoms with Gasteiger partial charge in [0.15, 0.2) is 0 Å². The van der Waals surface area contributed by atoms with Crippen molar-refractivity contribution in [1.29, 1.82) is 0 Å². The first-order chi connectivity index (χ1) is 7.50. The van der Waals surface area contributed by atoms with Gasteiger partial charge in [-0.1, -0.05) is 19.0 Å². The normalized spacial score (nSPS) is 24.2. The van der Waals surface area contributed by atoms with Crippen LogP contribution in [0.25, 0.3) is 0 Å². The fraction of sp³-hybridized carbons (Fsp3) is 0.700. The van der Waals surface area contributed by atoms with Crippen molar-refractivity contribution in [2.24, 2.45) is 11.1 Å². The lowest BCUT2D eigenvalue weighted by Crippen LogP contribution is -2.40. The Hall–Kier alpha value is -1.43. The van der Waals surface area contributed by atoms with Gasteiger partial charge >= 0.3 is 0 Å². The van der Waals surface area contributed by atoms with E-state index < -0.39 is 5.91 Å². The van der Waals surface area contributed by atoms with Crippen LogP contribution in [0.1, 0.15) is 49.2 Å². The first-order valence-electron chi connectivity index (χ1n) is 5.37. The molecular weight excluding hydrogens is 208 g/mol. The number of amides is 1. The average molecular weight is 224 g/mol. The Morgan fingerprint density at radius 3 is 2.94 bits per heavy atom. The van der Waals surface area contributed by atoms with Gasteiger partial charge in [-0.05, 0) is 24.8 Å². The van der Waals surface area contributed by atoms with Gasteiger partial charge < -0.3 is 15.6 Å². The minimum atomic E-state index is -0.663. The number of rotatable bonds is 2. The fourth-order valence-electron chi connectivity index (χ4n) is 2.09. The molecule has 1 atom stereocenters.